The van der Waals surface area contributed by atoms with Gasteiger partial charge in [-0.1, -0.05) is 11.6 Å². The lowest BCUT2D eigenvalue weighted by Crippen LogP contribution is -2.41. The molecule has 1 aromatic carbocycles. The molecule has 1 unspecified atom stereocenters. The van der Waals surface area contributed by atoms with Gasteiger partial charge in [-0.05, 0) is 49.4 Å². The zero-order valence-corrected chi connectivity index (χ0v) is 16.5. The first-order valence-corrected chi connectivity index (χ1v) is 10.2. The van der Waals surface area contributed by atoms with Crippen LogP contribution in [0.2, 0.25) is 5.02 Å². The number of nitrogens with zero attached hydrogens (tertiary/aromatic N) is 2. The van der Waals surface area contributed by atoms with Crippen LogP contribution in [0.25, 0.3) is 0 Å². The van der Waals surface area contributed by atoms with E-state index in [0.29, 0.717) is 22.8 Å². The van der Waals surface area contributed by atoms with E-state index in [1.807, 2.05) is 23.3 Å². The Labute approximate surface area is 167 Å². The van der Waals surface area contributed by atoms with Crippen molar-refractivity contribution in [1.82, 2.24) is 4.98 Å². The van der Waals surface area contributed by atoms with Crippen LogP contribution in [0.3, 0.4) is 0 Å². The maximum Gasteiger partial charge on any atom is 0.257 e. The number of piperidine rings is 1. The first-order chi connectivity index (χ1) is 13.0. The highest BCUT2D eigenvalue weighted by Gasteiger charge is 2.24. The summed E-state index contributed by atoms with van der Waals surface area (Å²) in [5.41, 5.74) is 6.43. The number of nitrogens with one attached hydrogen (secondary N) is 1. The normalized spacial score (nSPS) is 16.8. The molecule has 27 heavy (non-hydrogen) atoms. The molecular formula is C19H21ClN4O2S. The molecule has 0 saturated carbocycles. The van der Waals surface area contributed by atoms with Gasteiger partial charge in [0.05, 0.1) is 28.4 Å². The lowest BCUT2D eigenvalue weighted by molar-refractivity contribution is -0.122. The number of amides is 2. The van der Waals surface area contributed by atoms with Crippen molar-refractivity contribution in [1.29, 1.82) is 0 Å². The minimum Gasteiger partial charge on any atom is -0.369 e. The molecule has 0 bridgehead atoms. The Bertz CT molecular complexity index is 844. The number of halogens is 1. The molecule has 1 aliphatic rings. The van der Waals surface area contributed by atoms with E-state index in [4.69, 9.17) is 17.3 Å². The molecule has 2 heterocycles. The quantitative estimate of drug-likeness (QED) is 0.745. The third-order valence-electron chi connectivity index (χ3n) is 4.57. The first kappa shape index (κ1) is 19.5. The zero-order valence-electron chi connectivity index (χ0n) is 14.9. The molecule has 0 spiro atoms. The maximum atomic E-state index is 12.5. The second kappa shape index (κ2) is 8.63. The predicted molar refractivity (Wildman–Crippen MR) is 110 cm³/mol. The Balaban J connectivity index is 1.69. The van der Waals surface area contributed by atoms with Crippen molar-refractivity contribution in [3.63, 3.8) is 0 Å². The number of primary amides is 1. The zero-order chi connectivity index (χ0) is 19.4. The molecule has 0 aliphatic carbocycles. The van der Waals surface area contributed by atoms with E-state index in [1.54, 1.807) is 36.2 Å². The average Bonchev–Trinajstić information content (AvgIpc) is 2.69. The Morgan fingerprint density at radius 2 is 2.15 bits per heavy atom. The van der Waals surface area contributed by atoms with Crippen molar-refractivity contribution in [3.05, 3.63) is 47.1 Å². The fourth-order valence-corrected chi connectivity index (χ4v) is 3.71. The van der Waals surface area contributed by atoms with Gasteiger partial charge in [0.15, 0.2) is 0 Å². The van der Waals surface area contributed by atoms with E-state index in [1.165, 1.54) is 0 Å². The first-order valence-electron chi connectivity index (χ1n) is 8.63. The van der Waals surface area contributed by atoms with Crippen molar-refractivity contribution in [2.45, 2.75) is 17.7 Å². The van der Waals surface area contributed by atoms with Crippen LogP contribution in [0, 0.1) is 5.92 Å². The van der Waals surface area contributed by atoms with Crippen LogP contribution in [-0.2, 0) is 4.79 Å². The molecule has 3 N–H and O–H groups in total. The van der Waals surface area contributed by atoms with Crippen LogP contribution in [0.5, 0.6) is 0 Å². The lowest BCUT2D eigenvalue weighted by atomic mass is 9.97. The number of nitrogens with two attached hydrogens (primary N) is 1. The third kappa shape index (κ3) is 4.73. The summed E-state index contributed by atoms with van der Waals surface area (Å²) in [6.07, 6.45) is 5.26. The van der Waals surface area contributed by atoms with Crippen LogP contribution in [0.1, 0.15) is 23.2 Å². The van der Waals surface area contributed by atoms with E-state index in [2.05, 4.69) is 10.3 Å². The summed E-state index contributed by atoms with van der Waals surface area (Å²) < 4.78 is 0. The van der Waals surface area contributed by atoms with Crippen molar-refractivity contribution in [2.75, 3.05) is 29.6 Å². The summed E-state index contributed by atoms with van der Waals surface area (Å²) in [5.74, 6) is 0.0669. The second-order valence-electron chi connectivity index (χ2n) is 6.39. The second-order valence-corrected chi connectivity index (χ2v) is 7.68. The standard InChI is InChI=1S/C19H21ClN4O2S/c1-27-14-5-6-16(20)15(9-14)19(26)23-13-4-7-17(22-10-13)24-8-2-3-12(11-24)18(21)25/h4-7,9-10,12H,2-3,8,11H2,1H3,(H2,21,25)(H,23,26). The minimum atomic E-state index is -0.280. The van der Waals surface area contributed by atoms with Gasteiger partial charge in [0.25, 0.3) is 5.91 Å². The van der Waals surface area contributed by atoms with Gasteiger partial charge in [-0.2, -0.15) is 0 Å². The van der Waals surface area contributed by atoms with Crippen molar-refractivity contribution < 1.29 is 9.59 Å². The van der Waals surface area contributed by atoms with Gasteiger partial charge in [-0.25, -0.2) is 4.98 Å². The smallest absolute Gasteiger partial charge is 0.257 e. The van der Waals surface area contributed by atoms with E-state index < -0.39 is 0 Å². The van der Waals surface area contributed by atoms with E-state index >= 15 is 0 Å². The largest absolute Gasteiger partial charge is 0.369 e. The van der Waals surface area contributed by atoms with Gasteiger partial charge in [0.1, 0.15) is 5.82 Å². The molecule has 1 aliphatic heterocycles. The van der Waals surface area contributed by atoms with Crippen LogP contribution < -0.4 is 16.0 Å². The highest BCUT2D eigenvalue weighted by molar-refractivity contribution is 7.98. The van der Waals surface area contributed by atoms with Crippen molar-refractivity contribution in [2.24, 2.45) is 11.7 Å². The number of hydrogen-bond acceptors (Lipinski definition) is 5. The van der Waals surface area contributed by atoms with Gasteiger partial charge in [0.2, 0.25) is 5.91 Å². The summed E-state index contributed by atoms with van der Waals surface area (Å²) in [6.45, 7) is 1.41. The average molecular weight is 405 g/mol. The molecule has 142 valence electrons. The van der Waals surface area contributed by atoms with Gasteiger partial charge < -0.3 is 16.0 Å². The Morgan fingerprint density at radius 1 is 1.33 bits per heavy atom. The fraction of sp³-hybridized carbons (Fsp3) is 0.316. The number of benzene rings is 1. The number of pyridine rings is 1. The predicted octanol–water partition coefficient (Wildman–Crippen LogP) is 3.41. The molecule has 6 nitrogen and oxygen atoms in total. The Hall–Kier alpha value is -2.25. The molecule has 8 heteroatoms. The molecule has 1 aromatic heterocycles. The SMILES string of the molecule is CSc1ccc(Cl)c(C(=O)Nc2ccc(N3CCCC(C(N)=O)C3)nc2)c1. The molecule has 1 atom stereocenters. The highest BCUT2D eigenvalue weighted by Crippen LogP contribution is 2.25. The van der Waals surface area contributed by atoms with Gasteiger partial charge >= 0.3 is 0 Å². The van der Waals surface area contributed by atoms with Gasteiger partial charge in [0, 0.05) is 18.0 Å². The topological polar surface area (TPSA) is 88.3 Å². The third-order valence-corrected chi connectivity index (χ3v) is 5.63. The summed E-state index contributed by atoms with van der Waals surface area (Å²) in [7, 11) is 0. The molecule has 0 radical (unpaired) electrons. The number of rotatable bonds is 5. The summed E-state index contributed by atoms with van der Waals surface area (Å²) in [5, 5.41) is 3.22. The van der Waals surface area contributed by atoms with Crippen molar-refractivity contribution >= 4 is 46.7 Å². The maximum absolute atomic E-state index is 12.5. The fourth-order valence-electron chi connectivity index (χ4n) is 3.07. The summed E-state index contributed by atoms with van der Waals surface area (Å²) in [4.78, 5) is 31.4. The van der Waals surface area contributed by atoms with Gasteiger partial charge in [-0.3, -0.25) is 9.59 Å². The molecule has 2 aromatic rings. The number of carbonyl (C=O) groups is 2. The van der Waals surface area contributed by atoms with E-state index in [9.17, 15) is 9.59 Å². The summed E-state index contributed by atoms with van der Waals surface area (Å²) >= 11 is 7.70. The molecule has 2 amide bonds. The molecule has 1 fully saturated rings. The Morgan fingerprint density at radius 3 is 2.81 bits per heavy atom. The van der Waals surface area contributed by atoms with Crippen LogP contribution in [0.4, 0.5) is 11.5 Å². The highest BCUT2D eigenvalue weighted by atomic mass is 35.5. The van der Waals surface area contributed by atoms with E-state index in [0.717, 1.165) is 30.1 Å². The monoisotopic (exact) mass is 404 g/mol. The van der Waals surface area contributed by atoms with Crippen molar-refractivity contribution in [3.8, 4) is 0 Å². The number of carbonyl (C=O) groups excluding carboxylic acids is 2. The molecule has 3 rings (SSSR count). The number of thioether (sulfide) groups is 1. The number of hydrogen-bond donors (Lipinski definition) is 2. The summed E-state index contributed by atoms with van der Waals surface area (Å²) in [6, 6.07) is 8.98. The number of anilines is 2. The Kier molecular flexibility index (Phi) is 6.23. The van der Waals surface area contributed by atoms with Crippen LogP contribution in [0.15, 0.2) is 41.4 Å². The number of aromatic nitrogens is 1. The van der Waals surface area contributed by atoms with Crippen LogP contribution in [-0.4, -0.2) is 36.1 Å². The van der Waals surface area contributed by atoms with Crippen LogP contribution >= 0.6 is 23.4 Å². The molecular weight excluding hydrogens is 384 g/mol. The lowest BCUT2D eigenvalue weighted by Gasteiger charge is -2.32. The minimum absolute atomic E-state index is 0.147. The van der Waals surface area contributed by atoms with E-state index in [-0.39, 0.29) is 17.7 Å². The molecule has 1 saturated heterocycles. The van der Waals surface area contributed by atoms with Gasteiger partial charge in [-0.15, -0.1) is 11.8 Å².